The van der Waals surface area contributed by atoms with Crippen LogP contribution in [0.4, 0.5) is 0 Å². The smallest absolute Gasteiger partial charge is 0.308 e. The summed E-state index contributed by atoms with van der Waals surface area (Å²) in [5.74, 6) is -0.315. The molecule has 2 atom stereocenters. The second-order valence-corrected chi connectivity index (χ2v) is 7.31. The highest BCUT2D eigenvalue weighted by Gasteiger charge is 2.21. The van der Waals surface area contributed by atoms with Crippen molar-refractivity contribution in [2.24, 2.45) is 0 Å². The van der Waals surface area contributed by atoms with E-state index in [1.165, 1.54) is 27.9 Å². The van der Waals surface area contributed by atoms with Gasteiger partial charge in [-0.15, -0.1) is 0 Å². The van der Waals surface area contributed by atoms with Crippen molar-refractivity contribution in [1.29, 1.82) is 0 Å². The van der Waals surface area contributed by atoms with Gasteiger partial charge in [-0.05, 0) is 43.4 Å². The molecule has 0 radical (unpaired) electrons. The van der Waals surface area contributed by atoms with Crippen LogP contribution in [0.3, 0.4) is 0 Å². The van der Waals surface area contributed by atoms with Gasteiger partial charge in [0.1, 0.15) is 12.2 Å². The molecule has 0 aliphatic carbocycles. The van der Waals surface area contributed by atoms with Gasteiger partial charge in [-0.2, -0.15) is 0 Å². The number of hydrogen-bond donors (Lipinski definition) is 0. The summed E-state index contributed by atoms with van der Waals surface area (Å²) in [7, 11) is 1.51. The van der Waals surface area contributed by atoms with Gasteiger partial charge in [-0.25, -0.2) is 0 Å². The first-order valence-electron chi connectivity index (χ1n) is 10.4. The average molecular weight is 423 g/mol. The normalized spacial score (nSPS) is 12.6. The van der Waals surface area contributed by atoms with Crippen LogP contribution in [0.25, 0.3) is 0 Å². The molecular weight excluding hydrogens is 388 g/mol. The molecule has 1 rings (SSSR count). The number of hydrogen-bond acceptors (Lipinski definition) is 7. The van der Waals surface area contributed by atoms with Crippen LogP contribution in [0.5, 0.6) is 11.5 Å². The van der Waals surface area contributed by atoms with Crippen LogP contribution < -0.4 is 9.47 Å². The van der Waals surface area contributed by atoms with E-state index in [0.717, 1.165) is 31.2 Å². The second kappa shape index (κ2) is 13.6. The first-order valence-corrected chi connectivity index (χ1v) is 10.4. The number of methoxy groups -OCH3 is 1. The van der Waals surface area contributed by atoms with Gasteiger partial charge >= 0.3 is 17.9 Å². The Morgan fingerprint density at radius 3 is 2.03 bits per heavy atom. The molecule has 0 saturated heterocycles. The molecule has 0 heterocycles. The summed E-state index contributed by atoms with van der Waals surface area (Å²) in [5, 5.41) is 0. The lowest BCUT2D eigenvalue weighted by Gasteiger charge is -2.23. The number of carbonyl (C=O) groups is 3. The van der Waals surface area contributed by atoms with Gasteiger partial charge in [0.15, 0.2) is 11.5 Å². The summed E-state index contributed by atoms with van der Waals surface area (Å²) in [4.78, 5) is 34.4. The van der Waals surface area contributed by atoms with E-state index in [1.807, 2.05) is 6.07 Å². The number of unbranched alkanes of at least 4 members (excludes halogenated alkanes) is 2. The number of rotatable bonds is 13. The van der Waals surface area contributed by atoms with Crippen LogP contribution in [-0.2, 0) is 30.3 Å². The molecule has 0 bridgehead atoms. The molecule has 1 aromatic carbocycles. The zero-order valence-corrected chi connectivity index (χ0v) is 18.7. The Kier molecular flexibility index (Phi) is 11.6. The molecule has 0 N–H and O–H groups in total. The van der Waals surface area contributed by atoms with Crippen molar-refractivity contribution in [2.45, 2.75) is 84.8 Å². The van der Waals surface area contributed by atoms with E-state index >= 15 is 0 Å². The molecule has 30 heavy (non-hydrogen) atoms. The van der Waals surface area contributed by atoms with Gasteiger partial charge in [-0.3, -0.25) is 14.4 Å². The Morgan fingerprint density at radius 2 is 1.50 bits per heavy atom. The predicted octanol–water partition coefficient (Wildman–Crippen LogP) is 4.39. The van der Waals surface area contributed by atoms with Crippen molar-refractivity contribution in [3.63, 3.8) is 0 Å². The quantitative estimate of drug-likeness (QED) is 0.265. The molecule has 1 aromatic rings. The largest absolute Gasteiger partial charge is 0.493 e. The maximum absolute atomic E-state index is 11.6. The van der Waals surface area contributed by atoms with E-state index in [0.29, 0.717) is 30.8 Å². The van der Waals surface area contributed by atoms with E-state index < -0.39 is 5.97 Å². The third-order valence-corrected chi connectivity index (χ3v) is 4.56. The van der Waals surface area contributed by atoms with Gasteiger partial charge in [0, 0.05) is 27.2 Å². The first-order chi connectivity index (χ1) is 14.2. The number of ether oxygens (including phenoxy) is 4. The molecule has 7 heteroatoms. The van der Waals surface area contributed by atoms with E-state index in [4.69, 9.17) is 18.9 Å². The molecule has 0 aliphatic heterocycles. The van der Waals surface area contributed by atoms with Crippen LogP contribution in [0.15, 0.2) is 18.2 Å². The molecule has 0 fully saturated rings. The van der Waals surface area contributed by atoms with E-state index in [9.17, 15) is 14.4 Å². The van der Waals surface area contributed by atoms with Crippen molar-refractivity contribution in [3.05, 3.63) is 23.8 Å². The minimum absolute atomic E-state index is 0.286. The van der Waals surface area contributed by atoms with E-state index in [1.54, 1.807) is 12.1 Å². The van der Waals surface area contributed by atoms with Crippen LogP contribution >= 0.6 is 0 Å². The van der Waals surface area contributed by atoms with Crippen LogP contribution in [0.1, 0.15) is 71.8 Å². The minimum atomic E-state index is -0.431. The fourth-order valence-electron chi connectivity index (χ4n) is 3.27. The van der Waals surface area contributed by atoms with Crippen LogP contribution in [-0.4, -0.2) is 37.2 Å². The Bertz CT molecular complexity index is 699. The molecule has 0 aliphatic rings. The standard InChI is InChI=1S/C23H34O7/c1-6-7-8-9-20(28-16(2)24)15-21(29-17(3)25)12-10-19-11-13-22(27-5)23(14-19)30-18(4)26/h11,13-14,20-21H,6-10,12,15H2,1-5H3/t20-,21+/m1/s1. The summed E-state index contributed by atoms with van der Waals surface area (Å²) in [6.07, 6.45) is 4.75. The maximum atomic E-state index is 11.6. The molecule has 0 aromatic heterocycles. The summed E-state index contributed by atoms with van der Waals surface area (Å²) < 4.78 is 21.4. The molecular formula is C23H34O7. The lowest BCUT2D eigenvalue weighted by molar-refractivity contribution is -0.153. The van der Waals surface area contributed by atoms with Crippen molar-refractivity contribution in [3.8, 4) is 11.5 Å². The molecule has 0 spiro atoms. The van der Waals surface area contributed by atoms with Crippen molar-refractivity contribution in [2.75, 3.05) is 7.11 Å². The van der Waals surface area contributed by atoms with Crippen LogP contribution in [0.2, 0.25) is 0 Å². The average Bonchev–Trinajstić information content (AvgIpc) is 2.65. The number of esters is 3. The first kappa shape index (κ1) is 25.5. The number of carbonyl (C=O) groups excluding carboxylic acids is 3. The molecule has 0 amide bonds. The van der Waals surface area contributed by atoms with Crippen molar-refractivity contribution >= 4 is 17.9 Å². The highest BCUT2D eigenvalue weighted by Crippen LogP contribution is 2.29. The molecule has 168 valence electrons. The summed E-state index contributed by atoms with van der Waals surface area (Å²) in [5.41, 5.74) is 0.916. The van der Waals surface area contributed by atoms with Crippen molar-refractivity contribution < 1.29 is 33.3 Å². The molecule has 0 unspecified atom stereocenters. The fraction of sp³-hybridized carbons (Fsp3) is 0.609. The summed E-state index contributed by atoms with van der Waals surface area (Å²) >= 11 is 0. The lowest BCUT2D eigenvalue weighted by atomic mass is 9.99. The highest BCUT2D eigenvalue weighted by molar-refractivity contribution is 5.70. The van der Waals surface area contributed by atoms with E-state index in [2.05, 4.69) is 6.92 Å². The SMILES string of the molecule is CCCCC[C@H](C[C@H](CCc1ccc(OC)c(OC(C)=O)c1)OC(C)=O)OC(C)=O. The Morgan fingerprint density at radius 1 is 0.867 bits per heavy atom. The Balaban J connectivity index is 2.84. The van der Waals surface area contributed by atoms with Gasteiger partial charge in [0.25, 0.3) is 0 Å². The minimum Gasteiger partial charge on any atom is -0.493 e. The lowest BCUT2D eigenvalue weighted by Crippen LogP contribution is -2.27. The zero-order chi connectivity index (χ0) is 22.5. The Hall–Kier alpha value is -2.57. The van der Waals surface area contributed by atoms with E-state index in [-0.39, 0.29) is 24.1 Å². The van der Waals surface area contributed by atoms with Gasteiger partial charge in [-0.1, -0.05) is 25.8 Å². The van der Waals surface area contributed by atoms with Crippen molar-refractivity contribution in [1.82, 2.24) is 0 Å². The fourth-order valence-corrected chi connectivity index (χ4v) is 3.27. The summed E-state index contributed by atoms with van der Waals surface area (Å²) in [6.45, 7) is 6.21. The number of aryl methyl sites for hydroxylation is 1. The maximum Gasteiger partial charge on any atom is 0.308 e. The zero-order valence-electron chi connectivity index (χ0n) is 18.7. The Labute approximate surface area is 179 Å². The van der Waals surface area contributed by atoms with Gasteiger partial charge < -0.3 is 18.9 Å². The molecule has 7 nitrogen and oxygen atoms in total. The molecule has 0 saturated carbocycles. The second-order valence-electron chi connectivity index (χ2n) is 7.31. The highest BCUT2D eigenvalue weighted by atomic mass is 16.6. The summed E-state index contributed by atoms with van der Waals surface area (Å²) in [6, 6.07) is 5.36. The third-order valence-electron chi connectivity index (χ3n) is 4.56. The third kappa shape index (κ3) is 10.3. The topological polar surface area (TPSA) is 88.1 Å². The van der Waals surface area contributed by atoms with Crippen LogP contribution in [0, 0.1) is 0 Å². The van der Waals surface area contributed by atoms with Gasteiger partial charge in [0.2, 0.25) is 0 Å². The van der Waals surface area contributed by atoms with Gasteiger partial charge in [0.05, 0.1) is 7.11 Å². The predicted molar refractivity (Wildman–Crippen MR) is 112 cm³/mol. The number of benzene rings is 1. The monoisotopic (exact) mass is 422 g/mol.